The van der Waals surface area contributed by atoms with Gasteiger partial charge in [0, 0.05) is 0 Å². The lowest BCUT2D eigenvalue weighted by Gasteiger charge is -2.28. The number of benzene rings is 1. The van der Waals surface area contributed by atoms with E-state index in [2.05, 4.69) is 0 Å². The molecule has 0 heterocycles. The van der Waals surface area contributed by atoms with Crippen LogP contribution in [0.2, 0.25) is 10.0 Å². The summed E-state index contributed by atoms with van der Waals surface area (Å²) in [5, 5.41) is 0.773. The first kappa shape index (κ1) is 15.3. The highest BCUT2D eigenvalue weighted by Crippen LogP contribution is 2.29. The first-order chi connectivity index (χ1) is 8.04. The number of rotatable bonds is 2. The Kier molecular flexibility index (Phi) is 4.31. The highest BCUT2D eigenvalue weighted by atomic mass is 35.5. The molecule has 0 aliphatic carbocycles. The highest BCUT2D eigenvalue weighted by Gasteiger charge is 2.35. The van der Waals surface area contributed by atoms with E-state index in [9.17, 15) is 4.79 Å². The molecule has 18 heavy (non-hydrogen) atoms. The van der Waals surface area contributed by atoms with Crippen molar-refractivity contribution in [2.45, 2.75) is 38.8 Å². The van der Waals surface area contributed by atoms with Gasteiger partial charge in [0.25, 0.3) is 0 Å². The van der Waals surface area contributed by atoms with Gasteiger partial charge in [0.15, 0.2) is 0 Å². The molecule has 0 spiro atoms. The number of ether oxygens (including phenoxy) is 1. The molecule has 1 atom stereocenters. The second kappa shape index (κ2) is 5.08. The average molecular weight is 290 g/mol. The smallest absolute Gasteiger partial charge is 0.331 e. The summed E-state index contributed by atoms with van der Waals surface area (Å²) in [5.74, 6) is -0.506. The summed E-state index contributed by atoms with van der Waals surface area (Å²) in [6.07, 6.45) is 0. The maximum absolute atomic E-state index is 12.1. The summed E-state index contributed by atoms with van der Waals surface area (Å²) in [6, 6.07) is 4.85. The molecule has 5 heteroatoms. The molecule has 0 aliphatic heterocycles. The predicted octanol–water partition coefficient (Wildman–Crippen LogP) is 3.51. The number of nitrogens with two attached hydrogens (primary N) is 1. The SMILES string of the molecule is CC(C)(C)OC(=O)C(C)(N)c1ccc(Cl)c(Cl)c1. The van der Waals surface area contributed by atoms with Gasteiger partial charge in [-0.25, -0.2) is 4.79 Å². The topological polar surface area (TPSA) is 52.3 Å². The van der Waals surface area contributed by atoms with Crippen molar-refractivity contribution in [2.24, 2.45) is 5.73 Å². The second-order valence-corrected chi connectivity index (χ2v) is 6.15. The van der Waals surface area contributed by atoms with Crippen molar-refractivity contribution in [3.05, 3.63) is 33.8 Å². The van der Waals surface area contributed by atoms with Crippen molar-refractivity contribution < 1.29 is 9.53 Å². The predicted molar refractivity (Wildman–Crippen MR) is 73.8 cm³/mol. The number of esters is 1. The van der Waals surface area contributed by atoms with E-state index in [1.807, 2.05) is 0 Å². The van der Waals surface area contributed by atoms with E-state index in [1.165, 1.54) is 0 Å². The molecule has 100 valence electrons. The largest absolute Gasteiger partial charge is 0.458 e. The summed E-state index contributed by atoms with van der Waals surface area (Å²) in [6.45, 7) is 6.95. The fourth-order valence-electron chi connectivity index (χ4n) is 1.32. The molecule has 0 amide bonds. The Balaban J connectivity index is 3.05. The van der Waals surface area contributed by atoms with E-state index < -0.39 is 17.1 Å². The lowest BCUT2D eigenvalue weighted by molar-refractivity contribution is -0.161. The van der Waals surface area contributed by atoms with Gasteiger partial charge in [-0.15, -0.1) is 0 Å². The van der Waals surface area contributed by atoms with Gasteiger partial charge in [-0.3, -0.25) is 0 Å². The standard InChI is InChI=1S/C13H17Cl2NO2/c1-12(2,3)18-11(17)13(4,16)8-5-6-9(14)10(15)7-8/h5-7H,16H2,1-4H3. The Morgan fingerprint density at radius 3 is 2.17 bits per heavy atom. The summed E-state index contributed by atoms with van der Waals surface area (Å²) in [7, 11) is 0. The van der Waals surface area contributed by atoms with E-state index in [0.29, 0.717) is 15.6 Å². The number of carbonyl (C=O) groups excluding carboxylic acids is 1. The van der Waals surface area contributed by atoms with Crippen LogP contribution in [0.15, 0.2) is 18.2 Å². The van der Waals surface area contributed by atoms with E-state index in [4.69, 9.17) is 33.7 Å². The monoisotopic (exact) mass is 289 g/mol. The molecule has 1 aromatic carbocycles. The maximum atomic E-state index is 12.1. The molecule has 2 N–H and O–H groups in total. The maximum Gasteiger partial charge on any atom is 0.331 e. The zero-order valence-corrected chi connectivity index (χ0v) is 12.4. The Labute approximate surface area is 117 Å². The van der Waals surface area contributed by atoms with Crippen molar-refractivity contribution in [2.75, 3.05) is 0 Å². The van der Waals surface area contributed by atoms with Crippen LogP contribution in [0.5, 0.6) is 0 Å². The molecule has 0 bridgehead atoms. The lowest BCUT2D eigenvalue weighted by atomic mass is 9.93. The fourth-order valence-corrected chi connectivity index (χ4v) is 1.62. The highest BCUT2D eigenvalue weighted by molar-refractivity contribution is 6.42. The number of halogens is 2. The van der Waals surface area contributed by atoms with E-state index in [-0.39, 0.29) is 0 Å². The third-order valence-electron chi connectivity index (χ3n) is 2.34. The fraction of sp³-hybridized carbons (Fsp3) is 0.462. The van der Waals surface area contributed by atoms with Gasteiger partial charge in [-0.2, -0.15) is 0 Å². The quantitative estimate of drug-likeness (QED) is 0.848. The van der Waals surface area contributed by atoms with Crippen LogP contribution < -0.4 is 5.73 Å². The summed E-state index contributed by atoms with van der Waals surface area (Å²) < 4.78 is 5.29. The van der Waals surface area contributed by atoms with Gasteiger partial charge in [-0.05, 0) is 45.4 Å². The van der Waals surface area contributed by atoms with Gasteiger partial charge in [0.05, 0.1) is 10.0 Å². The number of hydrogen-bond acceptors (Lipinski definition) is 3. The number of carbonyl (C=O) groups is 1. The molecular weight excluding hydrogens is 273 g/mol. The third-order valence-corrected chi connectivity index (χ3v) is 3.08. The normalized spacial score (nSPS) is 15.1. The van der Waals surface area contributed by atoms with Crippen LogP contribution in [-0.4, -0.2) is 11.6 Å². The van der Waals surface area contributed by atoms with Crippen molar-refractivity contribution >= 4 is 29.2 Å². The number of hydrogen-bond donors (Lipinski definition) is 1. The van der Waals surface area contributed by atoms with Crippen LogP contribution in [0.25, 0.3) is 0 Å². The Hall–Kier alpha value is -0.770. The molecule has 0 aliphatic rings. The van der Waals surface area contributed by atoms with Crippen LogP contribution in [0.4, 0.5) is 0 Å². The van der Waals surface area contributed by atoms with E-state index in [1.54, 1.807) is 45.9 Å². The second-order valence-electron chi connectivity index (χ2n) is 5.33. The zero-order valence-electron chi connectivity index (χ0n) is 10.9. The lowest BCUT2D eigenvalue weighted by Crippen LogP contribution is -2.45. The molecule has 0 radical (unpaired) electrons. The van der Waals surface area contributed by atoms with Gasteiger partial charge >= 0.3 is 5.97 Å². The Morgan fingerprint density at radius 1 is 1.17 bits per heavy atom. The Morgan fingerprint density at radius 2 is 1.72 bits per heavy atom. The molecule has 0 saturated heterocycles. The van der Waals surface area contributed by atoms with Crippen molar-refractivity contribution in [1.29, 1.82) is 0 Å². The van der Waals surface area contributed by atoms with E-state index >= 15 is 0 Å². The van der Waals surface area contributed by atoms with Gasteiger partial charge in [-0.1, -0.05) is 29.3 Å². The summed E-state index contributed by atoms with van der Waals surface area (Å²) >= 11 is 11.7. The van der Waals surface area contributed by atoms with Crippen molar-refractivity contribution in [3.8, 4) is 0 Å². The summed E-state index contributed by atoms with van der Waals surface area (Å²) in [5.41, 5.74) is 4.74. The first-order valence-electron chi connectivity index (χ1n) is 5.52. The van der Waals surface area contributed by atoms with Gasteiger partial charge in [0.1, 0.15) is 11.1 Å². The molecule has 1 aromatic rings. The molecular formula is C13H17Cl2NO2. The van der Waals surface area contributed by atoms with Gasteiger partial charge < -0.3 is 10.5 Å². The average Bonchev–Trinajstić information content (AvgIpc) is 2.19. The third kappa shape index (κ3) is 3.61. The molecule has 1 rings (SSSR count). The molecule has 0 saturated carbocycles. The Bertz CT molecular complexity index is 465. The first-order valence-corrected chi connectivity index (χ1v) is 6.27. The van der Waals surface area contributed by atoms with Crippen LogP contribution >= 0.6 is 23.2 Å². The van der Waals surface area contributed by atoms with Crippen LogP contribution in [0.3, 0.4) is 0 Å². The molecule has 0 aromatic heterocycles. The molecule has 0 fully saturated rings. The van der Waals surface area contributed by atoms with E-state index in [0.717, 1.165) is 0 Å². The van der Waals surface area contributed by atoms with Crippen LogP contribution in [0.1, 0.15) is 33.3 Å². The summed E-state index contributed by atoms with van der Waals surface area (Å²) in [4.78, 5) is 12.1. The molecule has 3 nitrogen and oxygen atoms in total. The van der Waals surface area contributed by atoms with Crippen molar-refractivity contribution in [1.82, 2.24) is 0 Å². The van der Waals surface area contributed by atoms with Gasteiger partial charge in [0.2, 0.25) is 0 Å². The zero-order chi connectivity index (χ0) is 14.1. The minimum atomic E-state index is -1.26. The minimum absolute atomic E-state index is 0.356. The van der Waals surface area contributed by atoms with Crippen LogP contribution in [-0.2, 0) is 15.1 Å². The minimum Gasteiger partial charge on any atom is -0.458 e. The van der Waals surface area contributed by atoms with Crippen molar-refractivity contribution in [3.63, 3.8) is 0 Å². The molecule has 1 unspecified atom stereocenters. The van der Waals surface area contributed by atoms with Crippen LogP contribution in [0, 0.1) is 0 Å².